The maximum Gasteiger partial charge on any atom is 0.120 e. The first-order chi connectivity index (χ1) is 12.1. The molecule has 0 bridgehead atoms. The first kappa shape index (κ1) is 18.9. The van der Waals surface area contributed by atoms with Crippen molar-refractivity contribution < 1.29 is 9.47 Å². The number of aryl methyl sites for hydroxylation is 3. The SMILES string of the molecule is COc1cccc(N(CCOCCN=O)c2c(C)cc(C)cc2C)c1. The second kappa shape index (κ2) is 9.18. The third kappa shape index (κ3) is 5.03. The summed E-state index contributed by atoms with van der Waals surface area (Å²) in [6, 6.07) is 12.4. The summed E-state index contributed by atoms with van der Waals surface area (Å²) in [5.74, 6) is 0.816. The fourth-order valence-corrected chi connectivity index (χ4v) is 3.11. The van der Waals surface area contributed by atoms with Gasteiger partial charge in [0.25, 0.3) is 0 Å². The van der Waals surface area contributed by atoms with Crippen molar-refractivity contribution in [3.8, 4) is 5.75 Å². The lowest BCUT2D eigenvalue weighted by atomic mass is 10.0. The largest absolute Gasteiger partial charge is 0.497 e. The number of rotatable bonds is 9. The number of nitrogens with zero attached hydrogens (tertiary/aromatic N) is 2. The molecule has 0 atom stereocenters. The first-order valence-electron chi connectivity index (χ1n) is 8.43. The second-order valence-electron chi connectivity index (χ2n) is 6.07. The second-order valence-corrected chi connectivity index (χ2v) is 6.07. The van der Waals surface area contributed by atoms with Gasteiger partial charge in [-0.15, -0.1) is 0 Å². The Kier molecular flexibility index (Phi) is 6.95. The summed E-state index contributed by atoms with van der Waals surface area (Å²) in [6.07, 6.45) is 0. The summed E-state index contributed by atoms with van der Waals surface area (Å²) < 4.78 is 10.9. The molecule has 0 saturated heterocycles. The van der Waals surface area contributed by atoms with Gasteiger partial charge in [0.2, 0.25) is 0 Å². The number of hydrogen-bond donors (Lipinski definition) is 0. The lowest BCUT2D eigenvalue weighted by Gasteiger charge is -2.29. The number of anilines is 2. The zero-order valence-electron chi connectivity index (χ0n) is 15.4. The number of benzene rings is 2. The Labute approximate surface area is 149 Å². The van der Waals surface area contributed by atoms with Gasteiger partial charge in [0.15, 0.2) is 0 Å². The van der Waals surface area contributed by atoms with Crippen LogP contribution in [0.2, 0.25) is 0 Å². The van der Waals surface area contributed by atoms with Crippen molar-refractivity contribution in [2.45, 2.75) is 20.8 Å². The molecule has 0 fully saturated rings. The van der Waals surface area contributed by atoms with Crippen LogP contribution in [-0.4, -0.2) is 33.4 Å². The first-order valence-corrected chi connectivity index (χ1v) is 8.43. The van der Waals surface area contributed by atoms with Gasteiger partial charge in [-0.05, 0) is 44.0 Å². The summed E-state index contributed by atoms with van der Waals surface area (Å²) in [5, 5.41) is 2.82. The molecule has 25 heavy (non-hydrogen) atoms. The molecule has 134 valence electrons. The van der Waals surface area contributed by atoms with E-state index in [1.807, 2.05) is 18.2 Å². The van der Waals surface area contributed by atoms with Crippen molar-refractivity contribution in [1.29, 1.82) is 0 Å². The normalized spacial score (nSPS) is 10.6. The summed E-state index contributed by atoms with van der Waals surface area (Å²) in [6.45, 7) is 8.08. The molecule has 0 aliphatic carbocycles. The van der Waals surface area contributed by atoms with Gasteiger partial charge in [0, 0.05) is 24.0 Å². The minimum atomic E-state index is 0.182. The summed E-state index contributed by atoms with van der Waals surface area (Å²) in [4.78, 5) is 12.4. The Bertz CT molecular complexity index is 693. The van der Waals surface area contributed by atoms with E-state index >= 15 is 0 Å². The number of ether oxygens (including phenoxy) is 2. The van der Waals surface area contributed by atoms with Gasteiger partial charge in [-0.2, -0.15) is 4.91 Å². The zero-order chi connectivity index (χ0) is 18.2. The van der Waals surface area contributed by atoms with Gasteiger partial charge < -0.3 is 14.4 Å². The molecule has 0 unspecified atom stereocenters. The number of methoxy groups -OCH3 is 1. The zero-order valence-corrected chi connectivity index (χ0v) is 15.4. The molecule has 0 radical (unpaired) electrons. The van der Waals surface area contributed by atoms with Crippen LogP contribution in [0.15, 0.2) is 41.6 Å². The van der Waals surface area contributed by atoms with Crippen LogP contribution in [0.5, 0.6) is 5.75 Å². The van der Waals surface area contributed by atoms with Crippen molar-refractivity contribution in [3.05, 3.63) is 58.0 Å². The van der Waals surface area contributed by atoms with E-state index in [0.29, 0.717) is 19.8 Å². The average Bonchev–Trinajstić information content (AvgIpc) is 2.59. The van der Waals surface area contributed by atoms with Crippen LogP contribution in [-0.2, 0) is 4.74 Å². The monoisotopic (exact) mass is 342 g/mol. The van der Waals surface area contributed by atoms with Gasteiger partial charge in [0.05, 0.1) is 20.3 Å². The Morgan fingerprint density at radius 3 is 2.40 bits per heavy atom. The molecule has 5 heteroatoms. The molecule has 2 rings (SSSR count). The molecule has 0 aliphatic heterocycles. The molecule has 0 amide bonds. The molecule has 2 aromatic carbocycles. The van der Waals surface area contributed by atoms with Crippen LogP contribution in [0.25, 0.3) is 0 Å². The summed E-state index contributed by atoms with van der Waals surface area (Å²) in [5.41, 5.74) is 5.91. The minimum Gasteiger partial charge on any atom is -0.497 e. The lowest BCUT2D eigenvalue weighted by molar-refractivity contribution is 0.149. The number of hydrogen-bond acceptors (Lipinski definition) is 5. The van der Waals surface area contributed by atoms with Crippen LogP contribution in [0.3, 0.4) is 0 Å². The molecule has 0 saturated carbocycles. The van der Waals surface area contributed by atoms with E-state index in [1.165, 1.54) is 22.4 Å². The molecule has 2 aromatic rings. The lowest BCUT2D eigenvalue weighted by Crippen LogP contribution is -2.24. The van der Waals surface area contributed by atoms with Gasteiger partial charge in [-0.25, -0.2) is 0 Å². The van der Waals surface area contributed by atoms with Crippen LogP contribution < -0.4 is 9.64 Å². The Morgan fingerprint density at radius 2 is 1.76 bits per heavy atom. The summed E-state index contributed by atoms with van der Waals surface area (Å²) in [7, 11) is 1.67. The third-order valence-corrected chi connectivity index (χ3v) is 4.06. The van der Waals surface area contributed by atoms with Gasteiger partial charge >= 0.3 is 0 Å². The van der Waals surface area contributed by atoms with Gasteiger partial charge in [-0.3, -0.25) is 0 Å². The predicted molar refractivity (Wildman–Crippen MR) is 102 cm³/mol. The van der Waals surface area contributed by atoms with Crippen LogP contribution in [0, 0.1) is 25.7 Å². The molecule has 0 spiro atoms. The maximum absolute atomic E-state index is 10.2. The Balaban J connectivity index is 2.33. The van der Waals surface area contributed by atoms with Crippen LogP contribution >= 0.6 is 0 Å². The quantitative estimate of drug-likeness (QED) is 0.496. The van der Waals surface area contributed by atoms with E-state index in [0.717, 1.165) is 11.4 Å². The highest BCUT2D eigenvalue weighted by atomic mass is 16.5. The van der Waals surface area contributed by atoms with E-state index in [2.05, 4.69) is 49.0 Å². The molecule has 5 nitrogen and oxygen atoms in total. The highest BCUT2D eigenvalue weighted by Gasteiger charge is 2.15. The topological polar surface area (TPSA) is 51.1 Å². The highest BCUT2D eigenvalue weighted by Crippen LogP contribution is 2.33. The van der Waals surface area contributed by atoms with Crippen LogP contribution in [0.4, 0.5) is 11.4 Å². The smallest absolute Gasteiger partial charge is 0.120 e. The molecular formula is C20H26N2O3. The van der Waals surface area contributed by atoms with E-state index in [-0.39, 0.29) is 6.54 Å². The van der Waals surface area contributed by atoms with Crippen molar-refractivity contribution in [2.24, 2.45) is 5.18 Å². The maximum atomic E-state index is 10.2. The van der Waals surface area contributed by atoms with E-state index in [4.69, 9.17) is 9.47 Å². The molecule has 0 N–H and O–H groups in total. The highest BCUT2D eigenvalue weighted by molar-refractivity contribution is 5.71. The van der Waals surface area contributed by atoms with Crippen molar-refractivity contribution in [1.82, 2.24) is 0 Å². The van der Waals surface area contributed by atoms with Crippen molar-refractivity contribution >= 4 is 11.4 Å². The number of nitroso groups, excluding NO2 is 1. The molecular weight excluding hydrogens is 316 g/mol. The predicted octanol–water partition coefficient (Wildman–Crippen LogP) is 4.54. The van der Waals surface area contributed by atoms with Gasteiger partial charge in [0.1, 0.15) is 12.3 Å². The van der Waals surface area contributed by atoms with Crippen molar-refractivity contribution in [3.63, 3.8) is 0 Å². The van der Waals surface area contributed by atoms with Crippen LogP contribution in [0.1, 0.15) is 16.7 Å². The van der Waals surface area contributed by atoms with E-state index in [9.17, 15) is 4.91 Å². The van der Waals surface area contributed by atoms with E-state index < -0.39 is 0 Å². The third-order valence-electron chi connectivity index (χ3n) is 4.06. The fourth-order valence-electron chi connectivity index (χ4n) is 3.11. The summed E-state index contributed by atoms with van der Waals surface area (Å²) >= 11 is 0. The minimum absolute atomic E-state index is 0.182. The molecule has 0 aliphatic rings. The Morgan fingerprint density at radius 1 is 1.04 bits per heavy atom. The molecule has 0 aromatic heterocycles. The molecule has 0 heterocycles. The standard InChI is InChI=1S/C20H26N2O3/c1-15-12-16(2)20(17(3)13-15)22(9-11-25-10-8-21-23)18-6-5-7-19(14-18)24-4/h5-7,12-14H,8-11H2,1-4H3. The Hall–Kier alpha value is -2.40. The fraction of sp³-hybridized carbons (Fsp3) is 0.400. The van der Waals surface area contributed by atoms with E-state index in [1.54, 1.807) is 7.11 Å². The average molecular weight is 342 g/mol. The van der Waals surface area contributed by atoms with Crippen molar-refractivity contribution in [2.75, 3.05) is 38.3 Å². The van der Waals surface area contributed by atoms with Gasteiger partial charge in [-0.1, -0.05) is 28.9 Å².